The second-order valence-electron chi connectivity index (χ2n) is 4.60. The van der Waals surface area contributed by atoms with Gasteiger partial charge in [-0.05, 0) is 25.7 Å². The molecule has 0 amide bonds. The van der Waals surface area contributed by atoms with Crippen LogP contribution < -0.4 is 11.1 Å². The Kier molecular flexibility index (Phi) is 4.22. The highest BCUT2D eigenvalue weighted by Crippen LogP contribution is 2.17. The molecule has 0 saturated heterocycles. The van der Waals surface area contributed by atoms with Gasteiger partial charge in [-0.3, -0.25) is 9.89 Å². The zero-order chi connectivity index (χ0) is 11.2. The molecule has 0 atom stereocenters. The Morgan fingerprint density at radius 1 is 1.44 bits per heavy atom. The van der Waals surface area contributed by atoms with Gasteiger partial charge in [0.15, 0.2) is 5.96 Å². The highest BCUT2D eigenvalue weighted by Gasteiger charge is 2.17. The number of nitrogens with zero attached hydrogens (tertiary/aromatic N) is 2. The summed E-state index contributed by atoms with van der Waals surface area (Å²) in [5.74, 6) is 0.622. The number of aliphatic imine (C=N–C) groups is 1. The maximum absolute atomic E-state index is 5.81. The Bertz CT molecular complexity index is 268. The van der Waals surface area contributed by atoms with Crippen molar-refractivity contribution >= 4 is 5.96 Å². The van der Waals surface area contributed by atoms with Crippen molar-refractivity contribution in [2.24, 2.45) is 10.7 Å². The van der Waals surface area contributed by atoms with Gasteiger partial charge in [0.2, 0.25) is 0 Å². The standard InChI is InChI=1S/C12H22N4/c13-12(15-11-5-4-6-11)14-7-10-16-8-2-1-3-9-16/h1-2,11H,3-10H2,(H3,13,14,15). The van der Waals surface area contributed by atoms with E-state index in [1.54, 1.807) is 0 Å². The number of guanidine groups is 1. The fraction of sp³-hybridized carbons (Fsp3) is 0.750. The Morgan fingerprint density at radius 2 is 2.31 bits per heavy atom. The smallest absolute Gasteiger partial charge is 0.188 e. The van der Waals surface area contributed by atoms with Crippen LogP contribution in [0.4, 0.5) is 0 Å². The van der Waals surface area contributed by atoms with Gasteiger partial charge in [0, 0.05) is 25.7 Å². The van der Waals surface area contributed by atoms with Crippen LogP contribution in [0.15, 0.2) is 17.1 Å². The first-order chi connectivity index (χ1) is 7.84. The van der Waals surface area contributed by atoms with Gasteiger partial charge < -0.3 is 11.1 Å². The minimum atomic E-state index is 0.585. The molecule has 0 aromatic carbocycles. The van der Waals surface area contributed by atoms with Crippen LogP contribution in [0.1, 0.15) is 25.7 Å². The van der Waals surface area contributed by atoms with Gasteiger partial charge >= 0.3 is 0 Å². The van der Waals surface area contributed by atoms with Crippen molar-refractivity contribution < 1.29 is 0 Å². The quantitative estimate of drug-likeness (QED) is 0.418. The maximum atomic E-state index is 5.81. The second kappa shape index (κ2) is 5.89. The molecule has 0 radical (unpaired) electrons. The van der Waals surface area contributed by atoms with E-state index in [0.717, 1.165) is 26.2 Å². The van der Waals surface area contributed by atoms with Crippen molar-refractivity contribution in [1.29, 1.82) is 0 Å². The molecule has 0 unspecified atom stereocenters. The largest absolute Gasteiger partial charge is 0.370 e. The Labute approximate surface area is 97.6 Å². The first kappa shape index (κ1) is 11.5. The highest BCUT2D eigenvalue weighted by molar-refractivity contribution is 5.78. The number of hydrogen-bond acceptors (Lipinski definition) is 2. The van der Waals surface area contributed by atoms with Crippen LogP contribution in [0.25, 0.3) is 0 Å². The van der Waals surface area contributed by atoms with Gasteiger partial charge in [-0.15, -0.1) is 0 Å². The molecule has 2 rings (SSSR count). The van der Waals surface area contributed by atoms with Crippen molar-refractivity contribution in [3.05, 3.63) is 12.2 Å². The lowest BCUT2D eigenvalue weighted by Crippen LogP contribution is -2.44. The Hall–Kier alpha value is -1.03. The zero-order valence-electron chi connectivity index (χ0n) is 9.86. The molecule has 1 aliphatic carbocycles. The van der Waals surface area contributed by atoms with E-state index in [1.807, 2.05) is 0 Å². The van der Waals surface area contributed by atoms with Crippen LogP contribution in [0, 0.1) is 0 Å². The van der Waals surface area contributed by atoms with E-state index in [1.165, 1.54) is 25.7 Å². The molecule has 2 aliphatic rings. The average Bonchev–Trinajstić information content (AvgIpc) is 2.25. The van der Waals surface area contributed by atoms with E-state index in [9.17, 15) is 0 Å². The van der Waals surface area contributed by atoms with E-state index in [4.69, 9.17) is 5.73 Å². The summed E-state index contributed by atoms with van der Waals surface area (Å²) in [6.45, 7) is 4.03. The molecular formula is C12H22N4. The summed E-state index contributed by atoms with van der Waals surface area (Å²) >= 11 is 0. The summed E-state index contributed by atoms with van der Waals surface area (Å²) in [6.07, 6.45) is 9.44. The molecule has 3 N–H and O–H groups in total. The van der Waals surface area contributed by atoms with Crippen molar-refractivity contribution in [2.75, 3.05) is 26.2 Å². The number of nitrogens with two attached hydrogens (primary N) is 1. The van der Waals surface area contributed by atoms with Crippen LogP contribution >= 0.6 is 0 Å². The van der Waals surface area contributed by atoms with Crippen molar-refractivity contribution in [1.82, 2.24) is 10.2 Å². The van der Waals surface area contributed by atoms with Crippen molar-refractivity contribution in [3.63, 3.8) is 0 Å². The van der Waals surface area contributed by atoms with E-state index in [-0.39, 0.29) is 0 Å². The van der Waals surface area contributed by atoms with Gasteiger partial charge in [-0.1, -0.05) is 12.2 Å². The molecule has 1 aliphatic heterocycles. The Balaban J connectivity index is 1.61. The molecule has 0 bridgehead atoms. The topological polar surface area (TPSA) is 53.6 Å². The fourth-order valence-electron chi connectivity index (χ4n) is 2.01. The van der Waals surface area contributed by atoms with E-state index in [2.05, 4.69) is 27.4 Å². The first-order valence-electron chi connectivity index (χ1n) is 6.28. The van der Waals surface area contributed by atoms with Gasteiger partial charge in [0.1, 0.15) is 0 Å². The normalized spacial score (nSPS) is 23.1. The van der Waals surface area contributed by atoms with E-state index < -0.39 is 0 Å². The molecule has 0 aromatic rings. The number of hydrogen-bond donors (Lipinski definition) is 2. The summed E-state index contributed by atoms with van der Waals surface area (Å²) < 4.78 is 0. The third-order valence-corrected chi connectivity index (χ3v) is 3.30. The average molecular weight is 222 g/mol. The SMILES string of the molecule is NC(=NCCN1CC=CCC1)NC1CCC1. The number of nitrogens with one attached hydrogen (secondary N) is 1. The van der Waals surface area contributed by atoms with Gasteiger partial charge in [0.25, 0.3) is 0 Å². The van der Waals surface area contributed by atoms with Gasteiger partial charge in [-0.2, -0.15) is 0 Å². The molecule has 16 heavy (non-hydrogen) atoms. The third kappa shape index (κ3) is 3.52. The van der Waals surface area contributed by atoms with E-state index >= 15 is 0 Å². The summed E-state index contributed by atoms with van der Waals surface area (Å²) in [5.41, 5.74) is 5.81. The summed E-state index contributed by atoms with van der Waals surface area (Å²) in [6, 6.07) is 0.585. The van der Waals surface area contributed by atoms with Crippen LogP contribution in [0.5, 0.6) is 0 Å². The molecule has 1 saturated carbocycles. The van der Waals surface area contributed by atoms with Crippen molar-refractivity contribution in [2.45, 2.75) is 31.7 Å². The minimum Gasteiger partial charge on any atom is -0.370 e. The summed E-state index contributed by atoms with van der Waals surface area (Å²) in [4.78, 5) is 6.76. The van der Waals surface area contributed by atoms with Crippen LogP contribution in [-0.4, -0.2) is 43.1 Å². The van der Waals surface area contributed by atoms with Crippen LogP contribution in [0.2, 0.25) is 0 Å². The van der Waals surface area contributed by atoms with Crippen LogP contribution in [0.3, 0.4) is 0 Å². The molecule has 4 heteroatoms. The lowest BCUT2D eigenvalue weighted by atomic mass is 9.93. The first-order valence-corrected chi connectivity index (χ1v) is 6.28. The molecule has 0 spiro atoms. The second-order valence-corrected chi connectivity index (χ2v) is 4.60. The monoisotopic (exact) mass is 222 g/mol. The minimum absolute atomic E-state index is 0.585. The van der Waals surface area contributed by atoms with Crippen molar-refractivity contribution in [3.8, 4) is 0 Å². The molecule has 4 nitrogen and oxygen atoms in total. The van der Waals surface area contributed by atoms with Crippen LogP contribution in [-0.2, 0) is 0 Å². The fourth-order valence-corrected chi connectivity index (χ4v) is 2.01. The molecule has 1 fully saturated rings. The third-order valence-electron chi connectivity index (χ3n) is 3.30. The molecule has 90 valence electrons. The summed E-state index contributed by atoms with van der Waals surface area (Å²) in [7, 11) is 0. The highest BCUT2D eigenvalue weighted by atomic mass is 15.2. The van der Waals surface area contributed by atoms with Gasteiger partial charge in [-0.25, -0.2) is 0 Å². The predicted octanol–water partition coefficient (Wildman–Crippen LogP) is 0.705. The molecule has 0 aromatic heterocycles. The number of rotatable bonds is 4. The summed E-state index contributed by atoms with van der Waals surface area (Å²) in [5, 5.41) is 3.25. The zero-order valence-corrected chi connectivity index (χ0v) is 9.86. The maximum Gasteiger partial charge on any atom is 0.188 e. The van der Waals surface area contributed by atoms with E-state index in [0.29, 0.717) is 12.0 Å². The molecule has 1 heterocycles. The lowest BCUT2D eigenvalue weighted by Gasteiger charge is -2.27. The lowest BCUT2D eigenvalue weighted by molar-refractivity contribution is 0.307. The van der Waals surface area contributed by atoms with Gasteiger partial charge in [0.05, 0.1) is 6.54 Å². The molecular weight excluding hydrogens is 200 g/mol. The Morgan fingerprint density at radius 3 is 2.94 bits per heavy atom. The predicted molar refractivity (Wildman–Crippen MR) is 67.5 cm³/mol.